The molecule has 0 radical (unpaired) electrons. The summed E-state index contributed by atoms with van der Waals surface area (Å²) in [6.45, 7) is 6.14. The summed E-state index contributed by atoms with van der Waals surface area (Å²) >= 11 is 0. The molecule has 19 heavy (non-hydrogen) atoms. The molecule has 0 aliphatic carbocycles. The van der Waals surface area contributed by atoms with E-state index in [1.54, 1.807) is 30.5 Å². The van der Waals surface area contributed by atoms with Crippen LogP contribution in [0.2, 0.25) is 0 Å². The fourth-order valence-corrected chi connectivity index (χ4v) is 1.56. The molecule has 1 aromatic heterocycles. The SMILES string of the molecule is CC(C)(C)Nc1nccc(Nc2cccc(O)c2)n1. The van der Waals surface area contributed by atoms with Gasteiger partial charge in [-0.1, -0.05) is 6.07 Å². The normalized spacial score (nSPS) is 11.1. The Balaban J connectivity index is 2.15. The summed E-state index contributed by atoms with van der Waals surface area (Å²) in [5.41, 5.74) is 0.685. The largest absolute Gasteiger partial charge is 0.508 e. The van der Waals surface area contributed by atoms with Crippen molar-refractivity contribution in [1.29, 1.82) is 0 Å². The number of phenols is 1. The van der Waals surface area contributed by atoms with Crippen molar-refractivity contribution in [3.63, 3.8) is 0 Å². The molecule has 0 saturated heterocycles. The summed E-state index contributed by atoms with van der Waals surface area (Å²) in [7, 11) is 0. The molecule has 0 unspecified atom stereocenters. The monoisotopic (exact) mass is 258 g/mol. The molecule has 0 bridgehead atoms. The van der Waals surface area contributed by atoms with E-state index < -0.39 is 0 Å². The van der Waals surface area contributed by atoms with Crippen LogP contribution < -0.4 is 10.6 Å². The van der Waals surface area contributed by atoms with Crippen molar-refractivity contribution in [1.82, 2.24) is 9.97 Å². The lowest BCUT2D eigenvalue weighted by molar-refractivity contribution is 0.475. The van der Waals surface area contributed by atoms with Crippen LogP contribution in [0.25, 0.3) is 0 Å². The number of nitrogens with one attached hydrogen (secondary N) is 2. The van der Waals surface area contributed by atoms with Crippen molar-refractivity contribution in [2.24, 2.45) is 0 Å². The number of aromatic nitrogens is 2. The molecule has 100 valence electrons. The number of hydrogen-bond donors (Lipinski definition) is 3. The second-order valence-electron chi connectivity index (χ2n) is 5.32. The topological polar surface area (TPSA) is 70.1 Å². The Kier molecular flexibility index (Phi) is 3.55. The van der Waals surface area contributed by atoms with Crippen LogP contribution >= 0.6 is 0 Å². The zero-order chi connectivity index (χ0) is 13.9. The van der Waals surface area contributed by atoms with Gasteiger partial charge in [0.05, 0.1) is 0 Å². The van der Waals surface area contributed by atoms with Gasteiger partial charge in [-0.2, -0.15) is 4.98 Å². The molecule has 0 atom stereocenters. The van der Waals surface area contributed by atoms with Gasteiger partial charge in [0.1, 0.15) is 11.6 Å². The Labute approximate surface area is 112 Å². The maximum atomic E-state index is 9.41. The lowest BCUT2D eigenvalue weighted by atomic mass is 10.1. The van der Waals surface area contributed by atoms with E-state index in [9.17, 15) is 5.11 Å². The molecule has 0 aliphatic rings. The fraction of sp³-hybridized carbons (Fsp3) is 0.286. The first-order valence-corrected chi connectivity index (χ1v) is 6.10. The molecule has 0 spiro atoms. The van der Waals surface area contributed by atoms with Gasteiger partial charge in [-0.05, 0) is 39.0 Å². The average Bonchev–Trinajstić information content (AvgIpc) is 2.27. The first-order chi connectivity index (χ1) is 8.92. The molecule has 5 nitrogen and oxygen atoms in total. The second kappa shape index (κ2) is 5.14. The van der Waals surface area contributed by atoms with E-state index in [1.165, 1.54) is 0 Å². The minimum absolute atomic E-state index is 0.0936. The molecule has 0 fully saturated rings. The predicted molar refractivity (Wildman–Crippen MR) is 76.8 cm³/mol. The van der Waals surface area contributed by atoms with E-state index >= 15 is 0 Å². The van der Waals surface area contributed by atoms with E-state index in [4.69, 9.17) is 0 Å². The second-order valence-corrected chi connectivity index (χ2v) is 5.32. The standard InChI is InChI=1S/C14H18N4O/c1-14(2,3)18-13-15-8-7-12(17-13)16-10-5-4-6-11(19)9-10/h4-9,19H,1-3H3,(H2,15,16,17,18). The summed E-state index contributed by atoms with van der Waals surface area (Å²) in [4.78, 5) is 8.54. The Hall–Kier alpha value is -2.30. The van der Waals surface area contributed by atoms with Crippen molar-refractivity contribution in [2.45, 2.75) is 26.3 Å². The number of phenolic OH excluding ortho intramolecular Hbond substituents is 1. The van der Waals surface area contributed by atoms with Crippen LogP contribution in [0.3, 0.4) is 0 Å². The van der Waals surface area contributed by atoms with Gasteiger partial charge < -0.3 is 15.7 Å². The van der Waals surface area contributed by atoms with Crippen LogP contribution in [0.5, 0.6) is 5.75 Å². The highest BCUT2D eigenvalue weighted by Gasteiger charge is 2.11. The minimum atomic E-state index is -0.0936. The summed E-state index contributed by atoms with van der Waals surface area (Å²) in [6.07, 6.45) is 1.69. The third-order valence-electron chi connectivity index (χ3n) is 2.26. The first-order valence-electron chi connectivity index (χ1n) is 6.10. The van der Waals surface area contributed by atoms with Crippen molar-refractivity contribution < 1.29 is 5.11 Å². The molecular weight excluding hydrogens is 240 g/mol. The van der Waals surface area contributed by atoms with E-state index in [-0.39, 0.29) is 11.3 Å². The summed E-state index contributed by atoms with van der Waals surface area (Å²) in [5, 5.41) is 15.7. The zero-order valence-electron chi connectivity index (χ0n) is 11.3. The number of anilines is 3. The number of rotatable bonds is 3. The lowest BCUT2D eigenvalue weighted by Gasteiger charge is -2.20. The highest BCUT2D eigenvalue weighted by atomic mass is 16.3. The van der Waals surface area contributed by atoms with Crippen molar-refractivity contribution in [3.05, 3.63) is 36.5 Å². The van der Waals surface area contributed by atoms with Crippen LogP contribution in [0, 0.1) is 0 Å². The van der Waals surface area contributed by atoms with Gasteiger partial charge in [0, 0.05) is 23.5 Å². The smallest absolute Gasteiger partial charge is 0.225 e. The van der Waals surface area contributed by atoms with Crippen molar-refractivity contribution in [2.75, 3.05) is 10.6 Å². The Morgan fingerprint density at radius 1 is 1.16 bits per heavy atom. The van der Waals surface area contributed by atoms with Gasteiger partial charge in [0.15, 0.2) is 0 Å². The molecule has 1 aromatic carbocycles. The molecule has 2 rings (SSSR count). The van der Waals surface area contributed by atoms with Crippen LogP contribution in [0.1, 0.15) is 20.8 Å². The lowest BCUT2D eigenvalue weighted by Crippen LogP contribution is -2.27. The fourth-order valence-electron chi connectivity index (χ4n) is 1.56. The maximum Gasteiger partial charge on any atom is 0.225 e. The predicted octanol–water partition coefficient (Wildman–Crippen LogP) is 3.14. The van der Waals surface area contributed by atoms with Crippen molar-refractivity contribution in [3.8, 4) is 5.75 Å². The van der Waals surface area contributed by atoms with Gasteiger partial charge in [-0.25, -0.2) is 4.98 Å². The van der Waals surface area contributed by atoms with Gasteiger partial charge in [-0.3, -0.25) is 0 Å². The molecule has 3 N–H and O–H groups in total. The highest BCUT2D eigenvalue weighted by Crippen LogP contribution is 2.20. The number of benzene rings is 1. The zero-order valence-corrected chi connectivity index (χ0v) is 11.3. The van der Waals surface area contributed by atoms with Gasteiger partial charge in [-0.15, -0.1) is 0 Å². The van der Waals surface area contributed by atoms with E-state index in [0.29, 0.717) is 11.8 Å². The average molecular weight is 258 g/mol. The van der Waals surface area contributed by atoms with Gasteiger partial charge in [0.2, 0.25) is 5.95 Å². The number of hydrogen-bond acceptors (Lipinski definition) is 5. The van der Waals surface area contributed by atoms with Gasteiger partial charge >= 0.3 is 0 Å². The van der Waals surface area contributed by atoms with E-state index in [1.807, 2.05) is 26.8 Å². The summed E-state index contributed by atoms with van der Waals surface area (Å²) in [6, 6.07) is 8.67. The third-order valence-corrected chi connectivity index (χ3v) is 2.26. The van der Waals surface area contributed by atoms with Crippen LogP contribution in [0.4, 0.5) is 17.5 Å². The molecule has 0 saturated carbocycles. The van der Waals surface area contributed by atoms with Crippen LogP contribution in [-0.2, 0) is 0 Å². The summed E-state index contributed by atoms with van der Waals surface area (Å²) < 4.78 is 0. The molecule has 5 heteroatoms. The number of aromatic hydroxyl groups is 1. The highest BCUT2D eigenvalue weighted by molar-refractivity contribution is 5.58. The molecule has 0 aliphatic heterocycles. The first kappa shape index (κ1) is 13.1. The molecule has 1 heterocycles. The van der Waals surface area contributed by atoms with Crippen LogP contribution in [-0.4, -0.2) is 20.6 Å². The Morgan fingerprint density at radius 2 is 1.95 bits per heavy atom. The number of nitrogens with zero attached hydrogens (tertiary/aromatic N) is 2. The van der Waals surface area contributed by atoms with Crippen molar-refractivity contribution >= 4 is 17.5 Å². The summed E-state index contributed by atoms with van der Waals surface area (Å²) in [5.74, 6) is 1.46. The third kappa shape index (κ3) is 4.13. The van der Waals surface area contributed by atoms with E-state index in [0.717, 1.165) is 5.69 Å². The molecule has 0 amide bonds. The Bertz CT molecular complexity index is 563. The van der Waals surface area contributed by atoms with Gasteiger partial charge in [0.25, 0.3) is 0 Å². The van der Waals surface area contributed by atoms with Crippen LogP contribution in [0.15, 0.2) is 36.5 Å². The quantitative estimate of drug-likeness (QED) is 0.789. The maximum absolute atomic E-state index is 9.41. The minimum Gasteiger partial charge on any atom is -0.508 e. The molecule has 2 aromatic rings. The van der Waals surface area contributed by atoms with E-state index in [2.05, 4.69) is 20.6 Å². The molecular formula is C14H18N4O. The Morgan fingerprint density at radius 3 is 2.63 bits per heavy atom.